The summed E-state index contributed by atoms with van der Waals surface area (Å²) in [5, 5.41) is 8.51. The molecule has 1 saturated carbocycles. The van der Waals surface area contributed by atoms with E-state index in [1.807, 2.05) is 19.2 Å². The molecule has 0 aromatic carbocycles. The molecule has 0 amide bonds. The van der Waals surface area contributed by atoms with Gasteiger partial charge in [-0.15, -0.1) is 10.2 Å². The van der Waals surface area contributed by atoms with Crippen molar-refractivity contribution in [2.24, 2.45) is 5.73 Å². The number of fused-ring (bicyclic) bond motifs is 1. The summed E-state index contributed by atoms with van der Waals surface area (Å²) in [6.45, 7) is 1.98. The van der Waals surface area contributed by atoms with E-state index < -0.39 is 0 Å². The molecular formula is C12H16N4. The number of hydrogen-bond acceptors (Lipinski definition) is 3. The van der Waals surface area contributed by atoms with Crippen molar-refractivity contribution >= 4 is 5.65 Å². The van der Waals surface area contributed by atoms with Crippen LogP contribution in [0.1, 0.15) is 49.5 Å². The molecule has 1 aliphatic rings. The monoisotopic (exact) mass is 216 g/mol. The van der Waals surface area contributed by atoms with Crippen LogP contribution in [-0.4, -0.2) is 14.6 Å². The van der Waals surface area contributed by atoms with Crippen molar-refractivity contribution in [1.29, 1.82) is 0 Å². The van der Waals surface area contributed by atoms with E-state index in [-0.39, 0.29) is 6.04 Å². The summed E-state index contributed by atoms with van der Waals surface area (Å²) in [7, 11) is 0. The quantitative estimate of drug-likeness (QED) is 0.835. The van der Waals surface area contributed by atoms with Crippen LogP contribution in [0, 0.1) is 0 Å². The Kier molecular flexibility index (Phi) is 2.17. The highest BCUT2D eigenvalue weighted by atomic mass is 15.2. The topological polar surface area (TPSA) is 56.2 Å². The van der Waals surface area contributed by atoms with Crippen molar-refractivity contribution in [3.05, 3.63) is 29.7 Å². The molecule has 84 valence electrons. The van der Waals surface area contributed by atoms with E-state index in [2.05, 4.69) is 20.7 Å². The maximum absolute atomic E-state index is 5.85. The second-order valence-corrected chi connectivity index (χ2v) is 4.66. The highest BCUT2D eigenvalue weighted by Crippen LogP contribution is 2.35. The summed E-state index contributed by atoms with van der Waals surface area (Å²) in [4.78, 5) is 0. The van der Waals surface area contributed by atoms with Gasteiger partial charge in [-0.25, -0.2) is 0 Å². The summed E-state index contributed by atoms with van der Waals surface area (Å²) in [5.41, 5.74) is 7.88. The van der Waals surface area contributed by atoms with Gasteiger partial charge in [-0.3, -0.25) is 4.40 Å². The van der Waals surface area contributed by atoms with Crippen LogP contribution in [0.4, 0.5) is 0 Å². The van der Waals surface area contributed by atoms with E-state index in [0.29, 0.717) is 5.92 Å². The summed E-state index contributed by atoms with van der Waals surface area (Å²) in [5.74, 6) is 1.72. The van der Waals surface area contributed by atoms with Crippen molar-refractivity contribution in [3.63, 3.8) is 0 Å². The highest BCUT2D eigenvalue weighted by Gasteiger charge is 2.24. The summed E-state index contributed by atoms with van der Waals surface area (Å²) < 4.78 is 2.09. The Morgan fingerprint density at radius 2 is 2.25 bits per heavy atom. The first-order valence-electron chi connectivity index (χ1n) is 5.86. The normalized spacial score (nSPS) is 18.6. The molecule has 1 fully saturated rings. The predicted molar refractivity (Wildman–Crippen MR) is 62.2 cm³/mol. The molecule has 0 saturated heterocycles. The zero-order valence-electron chi connectivity index (χ0n) is 9.43. The van der Waals surface area contributed by atoms with E-state index in [1.54, 1.807) is 0 Å². The number of rotatable bonds is 2. The lowest BCUT2D eigenvalue weighted by molar-refractivity contribution is 0.399. The smallest absolute Gasteiger partial charge is 0.161 e. The van der Waals surface area contributed by atoms with Crippen LogP contribution < -0.4 is 5.73 Å². The van der Waals surface area contributed by atoms with Gasteiger partial charge in [-0.05, 0) is 37.5 Å². The third-order valence-electron chi connectivity index (χ3n) is 3.46. The van der Waals surface area contributed by atoms with E-state index >= 15 is 0 Å². The van der Waals surface area contributed by atoms with Crippen LogP contribution in [-0.2, 0) is 0 Å². The molecule has 2 aromatic heterocycles. The summed E-state index contributed by atoms with van der Waals surface area (Å²) >= 11 is 0. The zero-order valence-corrected chi connectivity index (χ0v) is 9.43. The Labute approximate surface area is 94.5 Å². The minimum atomic E-state index is 0.0499. The third kappa shape index (κ3) is 1.41. The fourth-order valence-corrected chi connectivity index (χ4v) is 2.15. The molecule has 16 heavy (non-hydrogen) atoms. The summed E-state index contributed by atoms with van der Waals surface area (Å²) in [6.07, 6.45) is 5.85. The van der Waals surface area contributed by atoms with Gasteiger partial charge in [0.2, 0.25) is 0 Å². The van der Waals surface area contributed by atoms with Crippen molar-refractivity contribution in [1.82, 2.24) is 14.6 Å². The van der Waals surface area contributed by atoms with Crippen LogP contribution >= 0.6 is 0 Å². The number of aromatic nitrogens is 3. The number of nitrogens with two attached hydrogens (primary N) is 1. The molecule has 0 bridgehead atoms. The predicted octanol–water partition coefficient (Wildman–Crippen LogP) is 2.02. The molecule has 1 aliphatic carbocycles. The molecule has 1 atom stereocenters. The van der Waals surface area contributed by atoms with Gasteiger partial charge in [-0.2, -0.15) is 0 Å². The van der Waals surface area contributed by atoms with E-state index in [0.717, 1.165) is 17.0 Å². The van der Waals surface area contributed by atoms with Crippen LogP contribution in [0.15, 0.2) is 18.3 Å². The maximum atomic E-state index is 5.85. The first-order valence-corrected chi connectivity index (χ1v) is 5.86. The fourth-order valence-electron chi connectivity index (χ4n) is 2.15. The van der Waals surface area contributed by atoms with Gasteiger partial charge in [0.05, 0.1) is 0 Å². The molecule has 3 rings (SSSR count). The van der Waals surface area contributed by atoms with Crippen molar-refractivity contribution in [3.8, 4) is 0 Å². The molecule has 0 radical (unpaired) electrons. The van der Waals surface area contributed by atoms with Crippen molar-refractivity contribution < 1.29 is 0 Å². The Morgan fingerprint density at radius 1 is 1.44 bits per heavy atom. The minimum Gasteiger partial charge on any atom is -0.324 e. The number of nitrogens with zero attached hydrogens (tertiary/aromatic N) is 3. The average Bonchev–Trinajstić information content (AvgIpc) is 2.59. The highest BCUT2D eigenvalue weighted by molar-refractivity contribution is 5.42. The van der Waals surface area contributed by atoms with Crippen LogP contribution in [0.25, 0.3) is 5.65 Å². The van der Waals surface area contributed by atoms with Crippen LogP contribution in [0.2, 0.25) is 0 Å². The molecule has 0 spiro atoms. The molecular weight excluding hydrogens is 200 g/mol. The van der Waals surface area contributed by atoms with Gasteiger partial charge in [0.25, 0.3) is 0 Å². The SMILES string of the molecule is CC(N)c1ccn2c(C3CCC3)nnc2c1. The molecule has 2 heterocycles. The molecule has 4 nitrogen and oxygen atoms in total. The van der Waals surface area contributed by atoms with Gasteiger partial charge in [-0.1, -0.05) is 6.42 Å². The van der Waals surface area contributed by atoms with Crippen LogP contribution in [0.5, 0.6) is 0 Å². The molecule has 0 aliphatic heterocycles. The molecule has 1 unspecified atom stereocenters. The standard InChI is InChI=1S/C12H16N4/c1-8(13)10-5-6-16-11(7-10)14-15-12(16)9-3-2-4-9/h5-9H,2-4,13H2,1H3. The first-order chi connectivity index (χ1) is 7.75. The molecule has 2 N–H and O–H groups in total. The van der Waals surface area contributed by atoms with Crippen molar-refractivity contribution in [2.45, 2.75) is 38.1 Å². The number of pyridine rings is 1. The van der Waals surface area contributed by atoms with Gasteiger partial charge >= 0.3 is 0 Å². The van der Waals surface area contributed by atoms with E-state index in [1.165, 1.54) is 19.3 Å². The minimum absolute atomic E-state index is 0.0499. The third-order valence-corrected chi connectivity index (χ3v) is 3.46. The van der Waals surface area contributed by atoms with Gasteiger partial charge in [0.15, 0.2) is 5.65 Å². The van der Waals surface area contributed by atoms with E-state index in [4.69, 9.17) is 5.73 Å². The molecule has 4 heteroatoms. The lowest BCUT2D eigenvalue weighted by Gasteiger charge is -2.23. The number of hydrogen-bond donors (Lipinski definition) is 1. The van der Waals surface area contributed by atoms with Gasteiger partial charge < -0.3 is 5.73 Å². The second-order valence-electron chi connectivity index (χ2n) is 4.66. The molecule has 2 aromatic rings. The lowest BCUT2D eigenvalue weighted by atomic mass is 9.85. The fraction of sp³-hybridized carbons (Fsp3) is 0.500. The average molecular weight is 216 g/mol. The summed E-state index contributed by atoms with van der Waals surface area (Å²) in [6, 6.07) is 4.14. The van der Waals surface area contributed by atoms with Crippen molar-refractivity contribution in [2.75, 3.05) is 0 Å². The Balaban J connectivity index is 2.07. The lowest BCUT2D eigenvalue weighted by Crippen LogP contribution is -2.12. The van der Waals surface area contributed by atoms with Gasteiger partial charge in [0, 0.05) is 18.2 Å². The zero-order chi connectivity index (χ0) is 11.1. The Bertz CT molecular complexity index is 511. The van der Waals surface area contributed by atoms with Crippen LogP contribution in [0.3, 0.4) is 0 Å². The Hall–Kier alpha value is -1.42. The largest absolute Gasteiger partial charge is 0.324 e. The maximum Gasteiger partial charge on any atom is 0.161 e. The van der Waals surface area contributed by atoms with Gasteiger partial charge in [0.1, 0.15) is 5.82 Å². The van der Waals surface area contributed by atoms with E-state index in [9.17, 15) is 0 Å². The Morgan fingerprint density at radius 3 is 2.88 bits per heavy atom. The first kappa shape index (κ1) is 9.78. The second kappa shape index (κ2) is 3.56.